The van der Waals surface area contributed by atoms with E-state index in [9.17, 15) is 0 Å². The minimum absolute atomic E-state index is 0.613. The van der Waals surface area contributed by atoms with E-state index >= 15 is 0 Å². The van der Waals surface area contributed by atoms with Crippen molar-refractivity contribution in [3.8, 4) is 5.75 Å². The average molecular weight is 312 g/mol. The van der Waals surface area contributed by atoms with Crippen molar-refractivity contribution in [3.05, 3.63) is 59.4 Å². The van der Waals surface area contributed by atoms with Gasteiger partial charge in [0.05, 0.1) is 25.9 Å². The van der Waals surface area contributed by atoms with Crippen LogP contribution in [0.25, 0.3) is 0 Å². The smallest absolute Gasteiger partial charge is 0.191 e. The van der Waals surface area contributed by atoms with Gasteiger partial charge in [-0.25, -0.2) is 4.99 Å². The third-order valence-corrected chi connectivity index (χ3v) is 3.39. The molecule has 1 heterocycles. The van der Waals surface area contributed by atoms with Crippen molar-refractivity contribution in [1.29, 1.82) is 0 Å². The molecule has 0 aliphatic heterocycles. The highest BCUT2D eigenvalue weighted by molar-refractivity contribution is 5.79. The molecular formula is C18H24N4O. The van der Waals surface area contributed by atoms with Crippen LogP contribution in [0.5, 0.6) is 5.75 Å². The van der Waals surface area contributed by atoms with Gasteiger partial charge < -0.3 is 15.4 Å². The Bertz CT molecular complexity index is 641. The summed E-state index contributed by atoms with van der Waals surface area (Å²) in [5, 5.41) is 6.54. The Balaban J connectivity index is 1.99. The van der Waals surface area contributed by atoms with Crippen molar-refractivity contribution in [3.63, 3.8) is 0 Å². The lowest BCUT2D eigenvalue weighted by molar-refractivity contribution is 0.411. The van der Waals surface area contributed by atoms with Crippen LogP contribution in [0.1, 0.15) is 23.7 Å². The first kappa shape index (κ1) is 16.8. The fraction of sp³-hybridized carbons (Fsp3) is 0.333. The molecule has 1 aromatic heterocycles. The highest BCUT2D eigenvalue weighted by Crippen LogP contribution is 2.18. The number of aromatic nitrogens is 1. The molecule has 0 amide bonds. The molecule has 0 bridgehead atoms. The monoisotopic (exact) mass is 312 g/mol. The van der Waals surface area contributed by atoms with E-state index in [2.05, 4.69) is 33.6 Å². The fourth-order valence-electron chi connectivity index (χ4n) is 2.23. The van der Waals surface area contributed by atoms with Crippen LogP contribution in [0.2, 0.25) is 0 Å². The third-order valence-electron chi connectivity index (χ3n) is 3.39. The van der Waals surface area contributed by atoms with Crippen LogP contribution in [0.4, 0.5) is 0 Å². The van der Waals surface area contributed by atoms with Gasteiger partial charge in [-0.3, -0.25) is 4.98 Å². The second-order valence-corrected chi connectivity index (χ2v) is 5.17. The summed E-state index contributed by atoms with van der Waals surface area (Å²) < 4.78 is 5.28. The summed E-state index contributed by atoms with van der Waals surface area (Å²) in [5.74, 6) is 1.68. The topological polar surface area (TPSA) is 58.5 Å². The number of benzene rings is 1. The molecule has 0 saturated carbocycles. The standard InChI is InChI=1S/C18H24N4O/c1-4-19-18(22-13-16-7-5-6-10-20-16)21-12-15-8-9-17(23-3)14(2)11-15/h5-11H,4,12-13H2,1-3H3,(H2,19,21,22). The maximum Gasteiger partial charge on any atom is 0.191 e. The summed E-state index contributed by atoms with van der Waals surface area (Å²) in [6, 6.07) is 12.0. The largest absolute Gasteiger partial charge is 0.496 e. The Morgan fingerprint density at radius 3 is 2.74 bits per heavy atom. The minimum atomic E-state index is 0.613. The summed E-state index contributed by atoms with van der Waals surface area (Å²) in [7, 11) is 1.69. The number of aryl methyl sites for hydroxylation is 1. The average Bonchev–Trinajstić information content (AvgIpc) is 2.58. The first-order chi connectivity index (χ1) is 11.2. The molecule has 2 aromatic rings. The maximum absolute atomic E-state index is 5.28. The highest BCUT2D eigenvalue weighted by atomic mass is 16.5. The molecule has 23 heavy (non-hydrogen) atoms. The van der Waals surface area contributed by atoms with Crippen molar-refractivity contribution in [2.75, 3.05) is 13.7 Å². The Hall–Kier alpha value is -2.56. The number of hydrogen-bond donors (Lipinski definition) is 2. The predicted octanol–water partition coefficient (Wildman–Crippen LogP) is 2.65. The van der Waals surface area contributed by atoms with Crippen LogP contribution in [-0.4, -0.2) is 24.6 Å². The quantitative estimate of drug-likeness (QED) is 0.636. The van der Waals surface area contributed by atoms with Gasteiger partial charge in [0.15, 0.2) is 5.96 Å². The van der Waals surface area contributed by atoms with Crippen LogP contribution < -0.4 is 15.4 Å². The van der Waals surface area contributed by atoms with Gasteiger partial charge in [0.1, 0.15) is 5.75 Å². The van der Waals surface area contributed by atoms with Crippen molar-refractivity contribution in [2.45, 2.75) is 26.9 Å². The van der Waals surface area contributed by atoms with Gasteiger partial charge in [-0.15, -0.1) is 0 Å². The molecule has 0 unspecified atom stereocenters. The molecule has 5 nitrogen and oxygen atoms in total. The van der Waals surface area contributed by atoms with E-state index in [1.807, 2.05) is 37.3 Å². The molecule has 5 heteroatoms. The normalized spacial score (nSPS) is 11.2. The van der Waals surface area contributed by atoms with Gasteiger partial charge in [-0.05, 0) is 43.2 Å². The zero-order valence-electron chi connectivity index (χ0n) is 14.0. The fourth-order valence-corrected chi connectivity index (χ4v) is 2.23. The number of pyridine rings is 1. The van der Waals surface area contributed by atoms with Crippen LogP contribution >= 0.6 is 0 Å². The molecule has 0 fully saturated rings. The number of nitrogens with one attached hydrogen (secondary N) is 2. The van der Waals surface area contributed by atoms with Crippen molar-refractivity contribution in [2.24, 2.45) is 4.99 Å². The lowest BCUT2D eigenvalue weighted by Gasteiger charge is -2.11. The molecule has 2 N–H and O–H groups in total. The third kappa shape index (κ3) is 5.29. The predicted molar refractivity (Wildman–Crippen MR) is 93.6 cm³/mol. The van der Waals surface area contributed by atoms with Crippen LogP contribution in [0.3, 0.4) is 0 Å². The van der Waals surface area contributed by atoms with Gasteiger partial charge in [-0.1, -0.05) is 18.2 Å². The van der Waals surface area contributed by atoms with Crippen molar-refractivity contribution in [1.82, 2.24) is 15.6 Å². The van der Waals surface area contributed by atoms with E-state index < -0.39 is 0 Å². The molecule has 122 valence electrons. The van der Waals surface area contributed by atoms with Gasteiger partial charge in [0, 0.05) is 12.7 Å². The lowest BCUT2D eigenvalue weighted by Crippen LogP contribution is -2.37. The second-order valence-electron chi connectivity index (χ2n) is 5.17. The number of methoxy groups -OCH3 is 1. The number of hydrogen-bond acceptors (Lipinski definition) is 3. The molecule has 0 saturated heterocycles. The Kier molecular flexibility index (Phi) is 6.41. The lowest BCUT2D eigenvalue weighted by atomic mass is 10.1. The molecule has 0 aliphatic carbocycles. The maximum atomic E-state index is 5.28. The second kappa shape index (κ2) is 8.78. The van der Waals surface area contributed by atoms with E-state index in [0.29, 0.717) is 13.1 Å². The summed E-state index contributed by atoms with van der Waals surface area (Å²) in [6.45, 7) is 6.17. The highest BCUT2D eigenvalue weighted by Gasteiger charge is 2.01. The number of rotatable bonds is 6. The van der Waals surface area contributed by atoms with E-state index in [4.69, 9.17) is 4.74 Å². The van der Waals surface area contributed by atoms with E-state index in [0.717, 1.165) is 35.1 Å². The van der Waals surface area contributed by atoms with Gasteiger partial charge in [0.2, 0.25) is 0 Å². The number of guanidine groups is 1. The first-order valence-electron chi connectivity index (χ1n) is 7.78. The van der Waals surface area contributed by atoms with Gasteiger partial charge >= 0.3 is 0 Å². The molecule has 0 atom stereocenters. The van der Waals surface area contributed by atoms with Crippen LogP contribution in [0.15, 0.2) is 47.6 Å². The zero-order chi connectivity index (χ0) is 16.5. The summed E-state index contributed by atoms with van der Waals surface area (Å²) in [6.07, 6.45) is 1.79. The molecular weight excluding hydrogens is 288 g/mol. The molecule has 2 rings (SSSR count). The molecule has 0 radical (unpaired) electrons. The van der Waals surface area contributed by atoms with Crippen molar-refractivity contribution < 1.29 is 4.74 Å². The SMILES string of the molecule is CCNC(=NCc1ccc(OC)c(C)c1)NCc1ccccn1. The summed E-state index contributed by atoms with van der Waals surface area (Å²) in [5.41, 5.74) is 3.25. The molecule has 0 aliphatic rings. The molecule has 0 spiro atoms. The summed E-state index contributed by atoms with van der Waals surface area (Å²) >= 11 is 0. The zero-order valence-corrected chi connectivity index (χ0v) is 14.0. The number of nitrogens with zero attached hydrogens (tertiary/aromatic N) is 2. The van der Waals surface area contributed by atoms with Gasteiger partial charge in [-0.2, -0.15) is 0 Å². The number of aliphatic imine (C=N–C) groups is 1. The van der Waals surface area contributed by atoms with Gasteiger partial charge in [0.25, 0.3) is 0 Å². The summed E-state index contributed by atoms with van der Waals surface area (Å²) in [4.78, 5) is 8.92. The Morgan fingerprint density at radius 1 is 1.22 bits per heavy atom. The van der Waals surface area contributed by atoms with Crippen molar-refractivity contribution >= 4 is 5.96 Å². The Labute approximate surface area is 137 Å². The van der Waals surface area contributed by atoms with Crippen LogP contribution in [0, 0.1) is 6.92 Å². The minimum Gasteiger partial charge on any atom is -0.496 e. The van der Waals surface area contributed by atoms with E-state index in [1.54, 1.807) is 13.3 Å². The number of ether oxygens (including phenoxy) is 1. The Morgan fingerprint density at radius 2 is 2.09 bits per heavy atom. The van der Waals surface area contributed by atoms with E-state index in [-0.39, 0.29) is 0 Å². The van der Waals surface area contributed by atoms with Crippen LogP contribution in [-0.2, 0) is 13.1 Å². The van der Waals surface area contributed by atoms with E-state index in [1.165, 1.54) is 0 Å². The molecule has 1 aromatic carbocycles. The first-order valence-corrected chi connectivity index (χ1v) is 7.78.